The minimum Gasteiger partial charge on any atom is -0.358 e. The summed E-state index contributed by atoms with van der Waals surface area (Å²) < 4.78 is 0. The quantitative estimate of drug-likeness (QED) is 0.729. The van der Waals surface area contributed by atoms with Gasteiger partial charge in [0.1, 0.15) is 12.6 Å². The molecule has 174 valence electrons. The van der Waals surface area contributed by atoms with Gasteiger partial charge in [-0.25, -0.2) is 0 Å². The van der Waals surface area contributed by atoms with Gasteiger partial charge < -0.3 is 15.1 Å². The summed E-state index contributed by atoms with van der Waals surface area (Å²) in [5.74, 6) is -0.400. The molecule has 4 rings (SSSR count). The molecule has 1 N–H and O–H groups in total. The van der Waals surface area contributed by atoms with E-state index in [4.69, 9.17) is 0 Å². The lowest BCUT2D eigenvalue weighted by molar-refractivity contribution is -0.123. The number of rotatable bonds is 6. The van der Waals surface area contributed by atoms with Crippen LogP contribution in [0.5, 0.6) is 0 Å². The molecule has 7 heteroatoms. The van der Waals surface area contributed by atoms with E-state index in [0.717, 1.165) is 42.7 Å². The number of piperidine rings is 1. The number of benzene rings is 2. The Kier molecular flexibility index (Phi) is 6.67. The number of amides is 3. The van der Waals surface area contributed by atoms with Crippen LogP contribution in [0.3, 0.4) is 0 Å². The number of hydrogen-bond acceptors (Lipinski definition) is 4. The van der Waals surface area contributed by atoms with Crippen molar-refractivity contribution in [2.24, 2.45) is 0 Å². The average molecular weight is 449 g/mol. The van der Waals surface area contributed by atoms with Gasteiger partial charge in [-0.3, -0.25) is 19.3 Å². The zero-order chi connectivity index (χ0) is 23.5. The summed E-state index contributed by atoms with van der Waals surface area (Å²) in [4.78, 5) is 44.9. The molecule has 0 radical (unpaired) electrons. The minimum absolute atomic E-state index is 0.0691. The normalized spacial score (nSPS) is 17.3. The van der Waals surface area contributed by atoms with Crippen LogP contribution in [0.4, 0.5) is 17.1 Å². The number of carbonyl (C=O) groups is 3. The first-order valence-electron chi connectivity index (χ1n) is 11.8. The Labute approximate surface area is 195 Å². The number of nitrogens with one attached hydrogen (secondary N) is 1. The Bertz CT molecular complexity index is 1060. The molecule has 2 aromatic carbocycles. The summed E-state index contributed by atoms with van der Waals surface area (Å²) in [6.07, 6.45) is 2.79. The van der Waals surface area contributed by atoms with Crippen LogP contribution >= 0.6 is 0 Å². The van der Waals surface area contributed by atoms with Crippen LogP contribution in [-0.4, -0.2) is 54.8 Å². The number of aryl methyl sites for hydroxylation is 1. The van der Waals surface area contributed by atoms with Crippen LogP contribution in [0.2, 0.25) is 0 Å². The van der Waals surface area contributed by atoms with Crippen molar-refractivity contribution in [2.75, 3.05) is 41.3 Å². The van der Waals surface area contributed by atoms with Gasteiger partial charge in [-0.05, 0) is 69.9 Å². The highest BCUT2D eigenvalue weighted by Crippen LogP contribution is 2.40. The lowest BCUT2D eigenvalue weighted by Crippen LogP contribution is -2.56. The van der Waals surface area contributed by atoms with Gasteiger partial charge in [0.25, 0.3) is 5.91 Å². The molecular weight excluding hydrogens is 416 g/mol. The molecular formula is C26H32N4O3. The molecule has 0 aliphatic carbocycles. The van der Waals surface area contributed by atoms with Crippen LogP contribution in [0.15, 0.2) is 42.5 Å². The Morgan fingerprint density at radius 1 is 1.06 bits per heavy atom. The Hall–Kier alpha value is -3.35. The molecule has 1 atom stereocenters. The van der Waals surface area contributed by atoms with Crippen molar-refractivity contribution in [3.63, 3.8) is 0 Å². The number of nitrogens with zero attached hydrogens (tertiary/aromatic N) is 3. The summed E-state index contributed by atoms with van der Waals surface area (Å²) in [5, 5.41) is 2.93. The minimum atomic E-state index is -0.262. The predicted octanol–water partition coefficient (Wildman–Crippen LogP) is 3.82. The second-order valence-corrected chi connectivity index (χ2v) is 8.67. The zero-order valence-electron chi connectivity index (χ0n) is 19.6. The van der Waals surface area contributed by atoms with Gasteiger partial charge >= 0.3 is 0 Å². The van der Waals surface area contributed by atoms with Crippen molar-refractivity contribution in [1.82, 2.24) is 4.90 Å². The lowest BCUT2D eigenvalue weighted by atomic mass is 9.95. The van der Waals surface area contributed by atoms with Crippen molar-refractivity contribution < 1.29 is 14.4 Å². The van der Waals surface area contributed by atoms with E-state index in [-0.39, 0.29) is 30.3 Å². The maximum atomic E-state index is 13.5. The number of para-hydroxylation sites is 1. The molecule has 1 unspecified atom stereocenters. The summed E-state index contributed by atoms with van der Waals surface area (Å²) in [6.45, 7) is 7.77. The van der Waals surface area contributed by atoms with Gasteiger partial charge in [-0.2, -0.15) is 0 Å². The Morgan fingerprint density at radius 2 is 1.82 bits per heavy atom. The topological polar surface area (TPSA) is 73.0 Å². The van der Waals surface area contributed by atoms with Gasteiger partial charge in [-0.1, -0.05) is 18.2 Å². The van der Waals surface area contributed by atoms with Crippen LogP contribution in [-0.2, 0) is 9.59 Å². The van der Waals surface area contributed by atoms with Crippen LogP contribution in [0, 0.1) is 6.92 Å². The van der Waals surface area contributed by atoms with Crippen molar-refractivity contribution >= 4 is 34.8 Å². The van der Waals surface area contributed by atoms with Crippen molar-refractivity contribution in [2.45, 2.75) is 46.1 Å². The van der Waals surface area contributed by atoms with Gasteiger partial charge in [0.05, 0.1) is 11.4 Å². The van der Waals surface area contributed by atoms with Crippen LogP contribution in [0.1, 0.15) is 49.0 Å². The fraction of sp³-hybridized carbons (Fsp3) is 0.423. The van der Waals surface area contributed by atoms with E-state index >= 15 is 0 Å². The third kappa shape index (κ3) is 4.45. The van der Waals surface area contributed by atoms with Gasteiger partial charge in [0.2, 0.25) is 11.8 Å². The average Bonchev–Trinajstić information content (AvgIpc) is 2.83. The highest BCUT2D eigenvalue weighted by Gasteiger charge is 2.40. The fourth-order valence-corrected chi connectivity index (χ4v) is 4.79. The van der Waals surface area contributed by atoms with Crippen LogP contribution < -0.4 is 15.1 Å². The molecule has 1 saturated heterocycles. The first kappa shape index (κ1) is 22.8. The Balaban J connectivity index is 1.68. The predicted molar refractivity (Wildman–Crippen MR) is 131 cm³/mol. The summed E-state index contributed by atoms with van der Waals surface area (Å²) >= 11 is 0. The third-order valence-electron chi connectivity index (χ3n) is 6.65. The zero-order valence-corrected chi connectivity index (χ0v) is 19.6. The third-order valence-corrected chi connectivity index (χ3v) is 6.65. The molecule has 7 nitrogen and oxygen atoms in total. The van der Waals surface area contributed by atoms with E-state index in [1.807, 2.05) is 57.2 Å². The van der Waals surface area contributed by atoms with Crippen LogP contribution in [0.25, 0.3) is 0 Å². The molecule has 1 fully saturated rings. The van der Waals surface area contributed by atoms with E-state index in [9.17, 15) is 14.4 Å². The van der Waals surface area contributed by atoms with Gasteiger partial charge in [-0.15, -0.1) is 0 Å². The number of anilines is 3. The molecule has 3 amide bonds. The highest BCUT2D eigenvalue weighted by atomic mass is 16.2. The van der Waals surface area contributed by atoms with Crippen molar-refractivity contribution in [1.29, 1.82) is 0 Å². The molecule has 2 aliphatic heterocycles. The van der Waals surface area contributed by atoms with E-state index in [1.54, 1.807) is 15.9 Å². The van der Waals surface area contributed by atoms with Gasteiger partial charge in [0.15, 0.2) is 0 Å². The largest absolute Gasteiger partial charge is 0.358 e. The molecule has 0 saturated carbocycles. The number of fused-ring (bicyclic) bond motifs is 3. The Morgan fingerprint density at radius 3 is 2.55 bits per heavy atom. The molecule has 2 aromatic rings. The van der Waals surface area contributed by atoms with E-state index < -0.39 is 0 Å². The van der Waals surface area contributed by atoms with Crippen molar-refractivity contribution in [3.8, 4) is 0 Å². The van der Waals surface area contributed by atoms with E-state index in [1.165, 1.54) is 0 Å². The van der Waals surface area contributed by atoms with E-state index in [2.05, 4.69) is 10.2 Å². The van der Waals surface area contributed by atoms with E-state index in [0.29, 0.717) is 24.3 Å². The molecule has 0 spiro atoms. The summed E-state index contributed by atoms with van der Waals surface area (Å²) in [6, 6.07) is 12.9. The monoisotopic (exact) mass is 448 g/mol. The molecule has 2 aliphatic rings. The smallest absolute Gasteiger partial charge is 0.253 e. The van der Waals surface area contributed by atoms with Crippen molar-refractivity contribution in [3.05, 3.63) is 53.6 Å². The maximum Gasteiger partial charge on any atom is 0.253 e. The first-order valence-corrected chi connectivity index (χ1v) is 11.8. The summed E-state index contributed by atoms with van der Waals surface area (Å²) in [7, 11) is 0. The summed E-state index contributed by atoms with van der Waals surface area (Å²) in [5.41, 5.74) is 3.78. The first-order chi connectivity index (χ1) is 15.9. The number of carbonyl (C=O) groups excluding carboxylic acids is 3. The second-order valence-electron chi connectivity index (χ2n) is 8.67. The molecule has 33 heavy (non-hydrogen) atoms. The molecule has 0 bridgehead atoms. The SMILES string of the molecule is CCN(CC)C(=O)c1ccc2c(c1)N(CC(=O)Nc1ccccc1C)C(=O)C1CCCCN21. The van der Waals surface area contributed by atoms with Gasteiger partial charge in [0, 0.05) is 30.9 Å². The standard InChI is InChI=1S/C26H32N4O3/c1-4-28(5-2)25(32)19-13-14-21-23(16-19)30(26(33)22-12-8-9-15-29(21)22)17-24(31)27-20-11-7-6-10-18(20)3/h6-7,10-11,13-14,16,22H,4-5,8-9,12,15,17H2,1-3H3,(H,27,31). The second kappa shape index (κ2) is 9.65. The maximum absolute atomic E-state index is 13.5. The molecule has 0 aromatic heterocycles. The lowest BCUT2D eigenvalue weighted by Gasteiger charge is -2.45. The highest BCUT2D eigenvalue weighted by molar-refractivity contribution is 6.11. The molecule has 2 heterocycles. The fourth-order valence-electron chi connectivity index (χ4n) is 4.79. The number of hydrogen-bond donors (Lipinski definition) is 1.